The number of benzene rings is 1. The summed E-state index contributed by atoms with van der Waals surface area (Å²) in [7, 11) is 0. The van der Waals surface area contributed by atoms with Gasteiger partial charge in [-0.05, 0) is 17.8 Å². The number of nitrogens with zero attached hydrogens (tertiary/aromatic N) is 2. The Balaban J connectivity index is 2.24. The van der Waals surface area contributed by atoms with Crippen molar-refractivity contribution < 1.29 is 18.0 Å². The molecule has 0 atom stereocenters. The summed E-state index contributed by atoms with van der Waals surface area (Å²) in [4.78, 5) is 18.4. The average molecular weight is 284 g/mol. The molecule has 0 N–H and O–H groups in total. The summed E-state index contributed by atoms with van der Waals surface area (Å²) in [5.41, 5.74) is 1.21. The van der Waals surface area contributed by atoms with E-state index in [4.69, 9.17) is 0 Å². The van der Waals surface area contributed by atoms with Gasteiger partial charge < -0.3 is 0 Å². The van der Waals surface area contributed by atoms with E-state index in [2.05, 4.69) is 9.97 Å². The molecule has 98 valence electrons. The molecule has 0 radical (unpaired) electrons. The van der Waals surface area contributed by atoms with E-state index < -0.39 is 11.3 Å². The van der Waals surface area contributed by atoms with Crippen LogP contribution < -0.4 is 0 Å². The molecule has 2 rings (SSSR count). The second kappa shape index (κ2) is 5.40. The Hall–Kier alpha value is -1.89. The van der Waals surface area contributed by atoms with E-state index in [0.29, 0.717) is 5.69 Å². The molecule has 0 aliphatic heterocycles. The van der Waals surface area contributed by atoms with E-state index >= 15 is 0 Å². The summed E-state index contributed by atoms with van der Waals surface area (Å²) >= 11 is -0.0268. The lowest BCUT2D eigenvalue weighted by Crippen LogP contribution is -2.19. The summed E-state index contributed by atoms with van der Waals surface area (Å²) in [6, 6.07) is 10.5. The molecular formula is C12H7F3N2OS. The maximum atomic E-state index is 12.1. The zero-order valence-corrected chi connectivity index (χ0v) is 10.2. The molecule has 1 heterocycles. The summed E-state index contributed by atoms with van der Waals surface area (Å²) in [6.45, 7) is 0. The van der Waals surface area contributed by atoms with Gasteiger partial charge in [0.2, 0.25) is 0 Å². The van der Waals surface area contributed by atoms with Crippen molar-refractivity contribution in [3.8, 4) is 11.3 Å². The predicted octanol–water partition coefficient (Wildman–Crippen LogP) is 3.32. The van der Waals surface area contributed by atoms with Gasteiger partial charge in [0.15, 0.2) is 5.16 Å². The Morgan fingerprint density at radius 1 is 1.11 bits per heavy atom. The van der Waals surface area contributed by atoms with Crippen molar-refractivity contribution >= 4 is 16.9 Å². The van der Waals surface area contributed by atoms with Crippen LogP contribution in [0.25, 0.3) is 11.3 Å². The predicted molar refractivity (Wildman–Crippen MR) is 64.4 cm³/mol. The fourth-order valence-electron chi connectivity index (χ4n) is 1.30. The van der Waals surface area contributed by atoms with Crippen molar-refractivity contribution in [3.63, 3.8) is 0 Å². The van der Waals surface area contributed by atoms with Crippen LogP contribution in [0.2, 0.25) is 0 Å². The fraction of sp³-hybridized carbons (Fsp3) is 0.0833. The molecule has 1 aromatic carbocycles. The molecule has 0 unspecified atom stereocenters. The Bertz CT molecular complexity index is 587. The molecule has 3 nitrogen and oxygen atoms in total. The van der Waals surface area contributed by atoms with E-state index in [-0.39, 0.29) is 16.9 Å². The summed E-state index contributed by atoms with van der Waals surface area (Å²) in [6.07, 6.45) is -3.57. The van der Waals surface area contributed by atoms with Crippen LogP contribution in [0.5, 0.6) is 0 Å². The molecule has 2 aromatic rings. The molecule has 19 heavy (non-hydrogen) atoms. The number of carbonyl (C=O) groups excluding carboxylic acids is 1. The number of hydrogen-bond acceptors (Lipinski definition) is 4. The molecule has 0 bridgehead atoms. The van der Waals surface area contributed by atoms with Crippen molar-refractivity contribution in [2.45, 2.75) is 11.3 Å². The highest BCUT2D eigenvalue weighted by atomic mass is 32.2. The van der Waals surface area contributed by atoms with Gasteiger partial charge in [-0.15, -0.1) is 0 Å². The summed E-state index contributed by atoms with van der Waals surface area (Å²) in [5, 5.41) is -2.15. The smallest absolute Gasteiger partial charge is 0.276 e. The van der Waals surface area contributed by atoms with Crippen LogP contribution in [0.3, 0.4) is 0 Å². The highest BCUT2D eigenvalue weighted by Crippen LogP contribution is 2.28. The van der Waals surface area contributed by atoms with Crippen molar-refractivity contribution in [1.29, 1.82) is 0 Å². The lowest BCUT2D eigenvalue weighted by Gasteiger charge is -2.05. The monoisotopic (exact) mass is 284 g/mol. The van der Waals surface area contributed by atoms with Gasteiger partial charge in [-0.25, -0.2) is 9.97 Å². The number of alkyl halides is 3. The quantitative estimate of drug-likeness (QED) is 0.626. The highest BCUT2D eigenvalue weighted by Gasteiger charge is 2.39. The molecule has 0 saturated carbocycles. The maximum Gasteiger partial charge on any atom is 0.461 e. The third-order valence-electron chi connectivity index (χ3n) is 2.12. The van der Waals surface area contributed by atoms with E-state index in [9.17, 15) is 18.0 Å². The zero-order valence-electron chi connectivity index (χ0n) is 9.39. The Morgan fingerprint density at radius 3 is 2.42 bits per heavy atom. The van der Waals surface area contributed by atoms with Gasteiger partial charge in [-0.2, -0.15) is 13.2 Å². The number of rotatable bonds is 2. The molecule has 0 saturated heterocycles. The van der Waals surface area contributed by atoms with Crippen LogP contribution >= 0.6 is 11.8 Å². The van der Waals surface area contributed by atoms with E-state index in [0.717, 1.165) is 5.56 Å². The van der Waals surface area contributed by atoms with Gasteiger partial charge in [-0.1, -0.05) is 30.3 Å². The Labute approximate surface area is 110 Å². The summed E-state index contributed by atoms with van der Waals surface area (Å²) < 4.78 is 36.4. The van der Waals surface area contributed by atoms with E-state index in [1.54, 1.807) is 30.3 Å². The molecular weight excluding hydrogens is 277 g/mol. The minimum absolute atomic E-state index is 0.0268. The van der Waals surface area contributed by atoms with Crippen LogP contribution in [-0.2, 0) is 4.79 Å². The van der Waals surface area contributed by atoms with Crippen LogP contribution in [-0.4, -0.2) is 21.3 Å². The van der Waals surface area contributed by atoms with Crippen molar-refractivity contribution in [1.82, 2.24) is 9.97 Å². The highest BCUT2D eigenvalue weighted by molar-refractivity contribution is 8.13. The first-order chi connectivity index (χ1) is 8.97. The minimum Gasteiger partial charge on any atom is -0.276 e. The third-order valence-corrected chi connectivity index (χ3v) is 2.91. The van der Waals surface area contributed by atoms with Crippen molar-refractivity contribution in [2.24, 2.45) is 0 Å². The van der Waals surface area contributed by atoms with Gasteiger partial charge in [0.25, 0.3) is 0 Å². The standard InChI is InChI=1S/C12H7F3N2OS/c13-12(14,15)10(18)19-11-16-7-6-9(17-11)8-4-2-1-3-5-8/h1-7H. The average Bonchev–Trinajstić information content (AvgIpc) is 2.39. The second-order valence-electron chi connectivity index (χ2n) is 3.48. The molecule has 1 aromatic heterocycles. The number of thioether (sulfide) groups is 1. The maximum absolute atomic E-state index is 12.1. The molecule has 7 heteroatoms. The van der Waals surface area contributed by atoms with Crippen LogP contribution in [0.1, 0.15) is 0 Å². The normalized spacial score (nSPS) is 11.3. The van der Waals surface area contributed by atoms with Gasteiger partial charge >= 0.3 is 11.3 Å². The Kier molecular flexibility index (Phi) is 3.84. The largest absolute Gasteiger partial charge is 0.461 e. The van der Waals surface area contributed by atoms with Crippen LogP contribution in [0.15, 0.2) is 47.8 Å². The third kappa shape index (κ3) is 3.54. The first kappa shape index (κ1) is 13.5. The van der Waals surface area contributed by atoms with Gasteiger partial charge in [0, 0.05) is 11.8 Å². The van der Waals surface area contributed by atoms with Gasteiger partial charge in [0.1, 0.15) is 0 Å². The SMILES string of the molecule is O=C(Sc1nccc(-c2ccccc2)n1)C(F)(F)F. The first-order valence-corrected chi connectivity index (χ1v) is 5.96. The van der Waals surface area contributed by atoms with Crippen LogP contribution in [0.4, 0.5) is 13.2 Å². The number of hydrogen-bond donors (Lipinski definition) is 0. The lowest BCUT2D eigenvalue weighted by atomic mass is 10.1. The number of aromatic nitrogens is 2. The molecule has 0 spiro atoms. The van der Waals surface area contributed by atoms with Crippen LogP contribution in [0, 0.1) is 0 Å². The van der Waals surface area contributed by atoms with E-state index in [1.165, 1.54) is 6.20 Å². The molecule has 0 fully saturated rings. The minimum atomic E-state index is -4.89. The second-order valence-corrected chi connectivity index (χ2v) is 4.42. The molecule has 0 aliphatic carbocycles. The Morgan fingerprint density at radius 2 is 1.79 bits per heavy atom. The number of halogens is 3. The molecule has 0 amide bonds. The zero-order chi connectivity index (χ0) is 13.9. The molecule has 0 aliphatic rings. The van der Waals surface area contributed by atoms with Crippen molar-refractivity contribution in [3.05, 3.63) is 42.6 Å². The van der Waals surface area contributed by atoms with Gasteiger partial charge in [-0.3, -0.25) is 4.79 Å². The topological polar surface area (TPSA) is 42.9 Å². The lowest BCUT2D eigenvalue weighted by molar-refractivity contribution is -0.160. The van der Waals surface area contributed by atoms with Gasteiger partial charge in [0.05, 0.1) is 5.69 Å². The first-order valence-electron chi connectivity index (χ1n) is 5.14. The van der Waals surface area contributed by atoms with Crippen molar-refractivity contribution in [2.75, 3.05) is 0 Å². The van der Waals surface area contributed by atoms with E-state index in [1.807, 2.05) is 6.07 Å². The number of carbonyl (C=O) groups is 1. The summed E-state index contributed by atoms with van der Waals surface area (Å²) in [5.74, 6) is 0. The fourth-order valence-corrected chi connectivity index (χ4v) is 1.84.